The number of benzene rings is 1. The third-order valence-electron chi connectivity index (χ3n) is 3.98. The van der Waals surface area contributed by atoms with E-state index in [1.807, 2.05) is 0 Å². The van der Waals surface area contributed by atoms with Gasteiger partial charge >= 0.3 is 0 Å². The van der Waals surface area contributed by atoms with Gasteiger partial charge in [-0.3, -0.25) is 0 Å². The first kappa shape index (κ1) is 13.4. The van der Waals surface area contributed by atoms with Gasteiger partial charge in [0.05, 0.1) is 0 Å². The van der Waals surface area contributed by atoms with Crippen LogP contribution < -0.4 is 10.2 Å². The summed E-state index contributed by atoms with van der Waals surface area (Å²) in [5.41, 5.74) is 2.86. The van der Waals surface area contributed by atoms with Crippen LogP contribution in [0.5, 0.6) is 0 Å². The van der Waals surface area contributed by atoms with Crippen molar-refractivity contribution in [2.45, 2.75) is 46.2 Å². The van der Waals surface area contributed by atoms with Gasteiger partial charge in [-0.15, -0.1) is 0 Å². The maximum Gasteiger partial charge on any atom is 0.0414 e. The molecule has 2 atom stereocenters. The number of hydrogen-bond donors (Lipinski definition) is 1. The van der Waals surface area contributed by atoms with E-state index in [2.05, 4.69) is 55.3 Å². The van der Waals surface area contributed by atoms with Crippen molar-refractivity contribution in [2.75, 3.05) is 18.0 Å². The van der Waals surface area contributed by atoms with Gasteiger partial charge in [0, 0.05) is 24.8 Å². The third kappa shape index (κ3) is 3.05. The summed E-state index contributed by atoms with van der Waals surface area (Å²) in [6.45, 7) is 10.1. The quantitative estimate of drug-likeness (QED) is 0.875. The molecule has 1 heterocycles. The van der Waals surface area contributed by atoms with Crippen LogP contribution in [0.4, 0.5) is 5.69 Å². The van der Waals surface area contributed by atoms with Crippen LogP contribution in [0.15, 0.2) is 24.3 Å². The molecule has 2 nitrogen and oxygen atoms in total. The predicted molar refractivity (Wildman–Crippen MR) is 79.0 cm³/mol. The molecule has 1 aromatic carbocycles. The lowest BCUT2D eigenvalue weighted by Crippen LogP contribution is -2.41. The zero-order valence-electron chi connectivity index (χ0n) is 11.9. The molecule has 18 heavy (non-hydrogen) atoms. The standard InChI is InChI=1S/C16H26N2/c1-4-17-11-15-7-5-6-8-16(15)18-12-13(2)9-10-14(18)3/h5-8,13-14,17H,4,9-12H2,1-3H3. The van der Waals surface area contributed by atoms with Crippen molar-refractivity contribution in [1.29, 1.82) is 0 Å². The van der Waals surface area contributed by atoms with E-state index in [0.717, 1.165) is 19.0 Å². The largest absolute Gasteiger partial charge is 0.368 e. The summed E-state index contributed by atoms with van der Waals surface area (Å²) in [4.78, 5) is 2.60. The number of hydrogen-bond acceptors (Lipinski definition) is 2. The van der Waals surface area contributed by atoms with E-state index < -0.39 is 0 Å². The first-order chi connectivity index (χ1) is 8.72. The van der Waals surface area contributed by atoms with Crippen LogP contribution in [0.25, 0.3) is 0 Å². The molecule has 0 bridgehead atoms. The molecule has 0 amide bonds. The van der Waals surface area contributed by atoms with Crippen molar-refractivity contribution in [1.82, 2.24) is 5.32 Å². The van der Waals surface area contributed by atoms with E-state index in [1.165, 1.54) is 30.6 Å². The van der Waals surface area contributed by atoms with Crippen LogP contribution in [-0.4, -0.2) is 19.1 Å². The highest BCUT2D eigenvalue weighted by Crippen LogP contribution is 2.29. The second-order valence-electron chi connectivity index (χ2n) is 5.59. The summed E-state index contributed by atoms with van der Waals surface area (Å²) in [7, 11) is 0. The molecule has 2 heteroatoms. The molecule has 0 aromatic heterocycles. The molecular weight excluding hydrogens is 220 g/mol. The van der Waals surface area contributed by atoms with Crippen LogP contribution in [0.3, 0.4) is 0 Å². The summed E-state index contributed by atoms with van der Waals surface area (Å²) in [5, 5.41) is 3.44. The first-order valence-corrected chi connectivity index (χ1v) is 7.27. The molecule has 2 unspecified atom stereocenters. The van der Waals surface area contributed by atoms with Crippen molar-refractivity contribution in [3.8, 4) is 0 Å². The summed E-state index contributed by atoms with van der Waals surface area (Å²) in [6.07, 6.45) is 2.68. The van der Waals surface area contributed by atoms with Gasteiger partial charge in [-0.2, -0.15) is 0 Å². The maximum absolute atomic E-state index is 3.44. The molecule has 100 valence electrons. The smallest absolute Gasteiger partial charge is 0.0414 e. The highest BCUT2D eigenvalue weighted by atomic mass is 15.2. The van der Waals surface area contributed by atoms with Gasteiger partial charge < -0.3 is 10.2 Å². The first-order valence-electron chi connectivity index (χ1n) is 7.27. The fraction of sp³-hybridized carbons (Fsp3) is 0.625. The van der Waals surface area contributed by atoms with Crippen molar-refractivity contribution in [3.05, 3.63) is 29.8 Å². The fourth-order valence-corrected chi connectivity index (χ4v) is 2.82. The number of anilines is 1. The molecule has 1 N–H and O–H groups in total. The minimum Gasteiger partial charge on any atom is -0.368 e. The van der Waals surface area contributed by atoms with Crippen molar-refractivity contribution in [2.24, 2.45) is 5.92 Å². The van der Waals surface area contributed by atoms with E-state index in [0.29, 0.717) is 6.04 Å². The van der Waals surface area contributed by atoms with Crippen molar-refractivity contribution >= 4 is 5.69 Å². The topological polar surface area (TPSA) is 15.3 Å². The monoisotopic (exact) mass is 246 g/mol. The van der Waals surface area contributed by atoms with E-state index in [1.54, 1.807) is 0 Å². The number of nitrogens with zero attached hydrogens (tertiary/aromatic N) is 1. The maximum atomic E-state index is 3.44. The van der Waals surface area contributed by atoms with E-state index in [4.69, 9.17) is 0 Å². The van der Waals surface area contributed by atoms with Gasteiger partial charge in [0.2, 0.25) is 0 Å². The lowest BCUT2D eigenvalue weighted by Gasteiger charge is -2.39. The van der Waals surface area contributed by atoms with Crippen LogP contribution >= 0.6 is 0 Å². The number of rotatable bonds is 4. The average Bonchev–Trinajstić information content (AvgIpc) is 2.39. The van der Waals surface area contributed by atoms with Gasteiger partial charge in [0.25, 0.3) is 0 Å². The fourth-order valence-electron chi connectivity index (χ4n) is 2.82. The lowest BCUT2D eigenvalue weighted by atomic mass is 9.93. The molecule has 0 radical (unpaired) electrons. The number of nitrogens with one attached hydrogen (secondary N) is 1. The van der Waals surface area contributed by atoms with Crippen LogP contribution in [0.2, 0.25) is 0 Å². The minimum atomic E-state index is 0.670. The minimum absolute atomic E-state index is 0.670. The van der Waals surface area contributed by atoms with Crippen LogP contribution in [-0.2, 0) is 6.54 Å². The third-order valence-corrected chi connectivity index (χ3v) is 3.98. The summed E-state index contributed by atoms with van der Waals surface area (Å²) >= 11 is 0. The normalized spacial score (nSPS) is 24.3. The zero-order valence-corrected chi connectivity index (χ0v) is 11.9. The summed E-state index contributed by atoms with van der Waals surface area (Å²) < 4.78 is 0. The Balaban J connectivity index is 2.19. The van der Waals surface area contributed by atoms with Gasteiger partial charge in [0.15, 0.2) is 0 Å². The molecule has 1 saturated heterocycles. The van der Waals surface area contributed by atoms with Gasteiger partial charge in [-0.1, -0.05) is 32.0 Å². The molecular formula is C16H26N2. The summed E-state index contributed by atoms with van der Waals surface area (Å²) in [5.74, 6) is 0.813. The second kappa shape index (κ2) is 6.24. The highest BCUT2D eigenvalue weighted by molar-refractivity contribution is 5.54. The second-order valence-corrected chi connectivity index (χ2v) is 5.59. The molecule has 1 aromatic rings. The van der Waals surface area contributed by atoms with Gasteiger partial charge in [-0.05, 0) is 43.9 Å². The molecule has 0 saturated carbocycles. The van der Waals surface area contributed by atoms with Crippen LogP contribution in [0, 0.1) is 5.92 Å². The lowest BCUT2D eigenvalue weighted by molar-refractivity contribution is 0.389. The Morgan fingerprint density at radius 3 is 2.78 bits per heavy atom. The molecule has 0 aliphatic carbocycles. The van der Waals surface area contributed by atoms with E-state index in [-0.39, 0.29) is 0 Å². The van der Waals surface area contributed by atoms with Crippen LogP contribution in [0.1, 0.15) is 39.2 Å². The van der Waals surface area contributed by atoms with Crippen molar-refractivity contribution < 1.29 is 0 Å². The Kier molecular flexibility index (Phi) is 4.65. The Labute approximate surface area is 111 Å². The number of piperidine rings is 1. The van der Waals surface area contributed by atoms with Gasteiger partial charge in [-0.25, -0.2) is 0 Å². The molecule has 0 spiro atoms. The molecule has 2 rings (SSSR count). The number of para-hydroxylation sites is 1. The van der Waals surface area contributed by atoms with Crippen molar-refractivity contribution in [3.63, 3.8) is 0 Å². The molecule has 1 fully saturated rings. The predicted octanol–water partition coefficient (Wildman–Crippen LogP) is 3.42. The Morgan fingerprint density at radius 2 is 2.00 bits per heavy atom. The Bertz CT molecular complexity index is 375. The van der Waals surface area contributed by atoms with E-state index >= 15 is 0 Å². The average molecular weight is 246 g/mol. The molecule has 1 aliphatic rings. The Hall–Kier alpha value is -1.02. The Morgan fingerprint density at radius 1 is 1.22 bits per heavy atom. The zero-order chi connectivity index (χ0) is 13.0. The summed E-state index contributed by atoms with van der Waals surface area (Å²) in [6, 6.07) is 9.51. The SMILES string of the molecule is CCNCc1ccccc1N1CC(C)CCC1C. The van der Waals surface area contributed by atoms with E-state index in [9.17, 15) is 0 Å². The molecule has 1 aliphatic heterocycles. The highest BCUT2D eigenvalue weighted by Gasteiger charge is 2.24. The van der Waals surface area contributed by atoms with Gasteiger partial charge in [0.1, 0.15) is 0 Å².